The number of anilines is 2. The molecule has 2 aromatic rings. The van der Waals surface area contributed by atoms with E-state index in [1.54, 1.807) is 19.1 Å². The number of aliphatic hydroxyl groups excluding tert-OH is 1. The third kappa shape index (κ3) is 5.23. The van der Waals surface area contributed by atoms with Crippen LogP contribution in [0.15, 0.2) is 42.5 Å². The monoisotopic (exact) mass is 398 g/mol. The van der Waals surface area contributed by atoms with Crippen molar-refractivity contribution in [2.24, 2.45) is 5.92 Å². The predicted molar refractivity (Wildman–Crippen MR) is 112 cm³/mol. The Hall–Kier alpha value is -3.13. The summed E-state index contributed by atoms with van der Waals surface area (Å²) >= 11 is 0. The fraction of sp³-hybridized carbons (Fsp3) is 0.381. The van der Waals surface area contributed by atoms with Gasteiger partial charge in [0.1, 0.15) is 0 Å². The number of nitro groups is 1. The van der Waals surface area contributed by atoms with Gasteiger partial charge in [-0.15, -0.1) is 0 Å². The second-order valence-electron chi connectivity index (χ2n) is 7.29. The van der Waals surface area contributed by atoms with Crippen molar-refractivity contribution >= 4 is 23.1 Å². The largest absolute Gasteiger partial charge is 0.396 e. The molecule has 1 aliphatic rings. The summed E-state index contributed by atoms with van der Waals surface area (Å²) in [6, 6.07) is 12.2. The Morgan fingerprint density at radius 3 is 2.52 bits per heavy atom. The van der Waals surface area contributed by atoms with Gasteiger partial charge in [0.2, 0.25) is 0 Å². The van der Waals surface area contributed by atoms with E-state index in [0.29, 0.717) is 23.7 Å². The fourth-order valence-corrected chi connectivity index (χ4v) is 3.50. The van der Waals surface area contributed by atoms with E-state index in [9.17, 15) is 20.0 Å². The molecular weight excluding hydrogens is 372 g/mol. The Kier molecular flexibility index (Phi) is 6.66. The van der Waals surface area contributed by atoms with E-state index in [-0.39, 0.29) is 12.3 Å². The number of hydrogen-bond acceptors (Lipinski definition) is 5. The average Bonchev–Trinajstić information content (AvgIpc) is 2.74. The number of benzene rings is 2. The first-order valence-electron chi connectivity index (χ1n) is 9.71. The third-order valence-corrected chi connectivity index (χ3v) is 5.38. The van der Waals surface area contributed by atoms with Crippen molar-refractivity contribution in [3.8, 4) is 0 Å². The van der Waals surface area contributed by atoms with Crippen LogP contribution in [0.4, 0.5) is 21.9 Å². The summed E-state index contributed by atoms with van der Waals surface area (Å²) in [5.41, 5.74) is 2.91. The van der Waals surface area contributed by atoms with Crippen molar-refractivity contribution in [1.29, 1.82) is 0 Å². The minimum atomic E-state index is -0.466. The number of carbonyl (C=O) groups is 1. The zero-order valence-corrected chi connectivity index (χ0v) is 16.4. The van der Waals surface area contributed by atoms with Crippen molar-refractivity contribution in [3.63, 3.8) is 0 Å². The van der Waals surface area contributed by atoms with Crippen LogP contribution in [0.5, 0.6) is 0 Å². The van der Waals surface area contributed by atoms with Gasteiger partial charge in [-0.1, -0.05) is 18.2 Å². The van der Waals surface area contributed by atoms with Crippen LogP contribution in [0.3, 0.4) is 0 Å². The normalized spacial score (nSPS) is 14.5. The number of nitrogens with one attached hydrogen (secondary N) is 2. The third-order valence-electron chi connectivity index (χ3n) is 5.38. The minimum Gasteiger partial charge on any atom is -0.396 e. The van der Waals surface area contributed by atoms with Gasteiger partial charge in [-0.3, -0.25) is 10.1 Å². The molecule has 1 fully saturated rings. The maximum absolute atomic E-state index is 12.2. The van der Waals surface area contributed by atoms with Gasteiger partial charge in [0.05, 0.1) is 16.2 Å². The molecule has 2 aromatic carbocycles. The standard InChI is InChI=1S/C21H26N4O4/c1-15-19(3-2-4-20(15)25(28)29)23-21(27)22-13-16-5-7-18(8-6-16)24-11-9-17(14-26)10-12-24/h2-8,17,26H,9-14H2,1H3,(H2,22,23,27). The lowest BCUT2D eigenvalue weighted by atomic mass is 9.97. The van der Waals surface area contributed by atoms with Gasteiger partial charge >= 0.3 is 6.03 Å². The van der Waals surface area contributed by atoms with Crippen LogP contribution in [0.1, 0.15) is 24.0 Å². The smallest absolute Gasteiger partial charge is 0.319 e. The van der Waals surface area contributed by atoms with Crippen molar-refractivity contribution in [3.05, 3.63) is 63.7 Å². The lowest BCUT2D eigenvalue weighted by Gasteiger charge is -2.33. The number of nitro benzene ring substituents is 1. The van der Waals surface area contributed by atoms with Crippen LogP contribution in [0.25, 0.3) is 0 Å². The van der Waals surface area contributed by atoms with E-state index >= 15 is 0 Å². The quantitative estimate of drug-likeness (QED) is 0.510. The molecule has 1 saturated heterocycles. The SMILES string of the molecule is Cc1c(NC(=O)NCc2ccc(N3CCC(CO)CC3)cc2)cccc1[N+](=O)[O-]. The first-order valence-corrected chi connectivity index (χ1v) is 9.71. The molecule has 8 nitrogen and oxygen atoms in total. The van der Waals surface area contributed by atoms with E-state index in [0.717, 1.165) is 37.2 Å². The Balaban J connectivity index is 1.52. The van der Waals surface area contributed by atoms with Crippen LogP contribution in [0, 0.1) is 23.0 Å². The Morgan fingerprint density at radius 1 is 1.21 bits per heavy atom. The van der Waals surface area contributed by atoms with Crippen LogP contribution < -0.4 is 15.5 Å². The number of amides is 2. The molecule has 0 radical (unpaired) electrons. The fourth-order valence-electron chi connectivity index (χ4n) is 3.50. The molecule has 0 bridgehead atoms. The lowest BCUT2D eigenvalue weighted by molar-refractivity contribution is -0.385. The van der Waals surface area contributed by atoms with Gasteiger partial charge in [-0.25, -0.2) is 4.79 Å². The summed E-state index contributed by atoms with van der Waals surface area (Å²) in [6.45, 7) is 4.10. The Morgan fingerprint density at radius 2 is 1.90 bits per heavy atom. The zero-order valence-electron chi connectivity index (χ0n) is 16.4. The molecular formula is C21H26N4O4. The van der Waals surface area contributed by atoms with Crippen LogP contribution in [-0.2, 0) is 6.54 Å². The average molecular weight is 398 g/mol. The summed E-state index contributed by atoms with van der Waals surface area (Å²) in [4.78, 5) is 25.0. The lowest BCUT2D eigenvalue weighted by Crippen LogP contribution is -2.34. The molecule has 0 aliphatic carbocycles. The van der Waals surface area contributed by atoms with Gasteiger partial charge in [-0.05, 0) is 49.4 Å². The van der Waals surface area contributed by atoms with Crippen LogP contribution in [-0.4, -0.2) is 35.8 Å². The van der Waals surface area contributed by atoms with Gasteiger partial charge in [-0.2, -0.15) is 0 Å². The number of carbonyl (C=O) groups excluding carboxylic acids is 1. The number of rotatable bonds is 6. The number of hydrogen-bond donors (Lipinski definition) is 3. The summed E-state index contributed by atoms with van der Waals surface area (Å²) in [6.07, 6.45) is 1.99. The summed E-state index contributed by atoms with van der Waals surface area (Å²) < 4.78 is 0. The van der Waals surface area contributed by atoms with Gasteiger partial charge in [0.15, 0.2) is 0 Å². The molecule has 1 aliphatic heterocycles. The van der Waals surface area contributed by atoms with Gasteiger partial charge in [0, 0.05) is 38.0 Å². The summed E-state index contributed by atoms with van der Waals surface area (Å²) in [7, 11) is 0. The second kappa shape index (κ2) is 9.38. The first-order chi connectivity index (χ1) is 14.0. The number of piperidine rings is 1. The highest BCUT2D eigenvalue weighted by Gasteiger charge is 2.18. The van der Waals surface area contributed by atoms with E-state index in [2.05, 4.69) is 15.5 Å². The topological polar surface area (TPSA) is 108 Å². The molecule has 29 heavy (non-hydrogen) atoms. The van der Waals surface area contributed by atoms with Crippen molar-refractivity contribution in [2.75, 3.05) is 29.9 Å². The molecule has 2 amide bonds. The number of aliphatic hydroxyl groups is 1. The van der Waals surface area contributed by atoms with Crippen molar-refractivity contribution in [1.82, 2.24) is 5.32 Å². The highest BCUT2D eigenvalue weighted by Crippen LogP contribution is 2.25. The molecule has 3 rings (SSSR count). The van der Waals surface area contributed by atoms with E-state index in [1.165, 1.54) is 6.07 Å². The van der Waals surface area contributed by atoms with Crippen molar-refractivity contribution < 1.29 is 14.8 Å². The zero-order chi connectivity index (χ0) is 20.8. The first kappa shape index (κ1) is 20.6. The second-order valence-corrected chi connectivity index (χ2v) is 7.29. The molecule has 0 aromatic heterocycles. The predicted octanol–water partition coefficient (Wildman–Crippen LogP) is 3.43. The Labute approximate surface area is 169 Å². The van der Waals surface area contributed by atoms with Crippen molar-refractivity contribution in [2.45, 2.75) is 26.3 Å². The van der Waals surface area contributed by atoms with Crippen LogP contribution >= 0.6 is 0 Å². The van der Waals surface area contributed by atoms with Crippen LogP contribution in [0.2, 0.25) is 0 Å². The number of nitrogens with zero attached hydrogens (tertiary/aromatic N) is 2. The molecule has 8 heteroatoms. The van der Waals surface area contributed by atoms with E-state index < -0.39 is 11.0 Å². The van der Waals surface area contributed by atoms with E-state index in [4.69, 9.17) is 0 Å². The number of urea groups is 1. The molecule has 3 N–H and O–H groups in total. The maximum atomic E-state index is 12.2. The Bertz CT molecular complexity index is 861. The molecule has 154 valence electrons. The van der Waals surface area contributed by atoms with Gasteiger partial charge in [0.25, 0.3) is 5.69 Å². The highest BCUT2D eigenvalue weighted by molar-refractivity contribution is 5.90. The summed E-state index contributed by atoms with van der Waals surface area (Å²) in [5.74, 6) is 0.405. The molecule has 0 spiro atoms. The molecule has 0 unspecified atom stereocenters. The minimum absolute atomic E-state index is 0.0265. The molecule has 0 saturated carbocycles. The molecule has 1 heterocycles. The maximum Gasteiger partial charge on any atom is 0.319 e. The summed E-state index contributed by atoms with van der Waals surface area (Å²) in [5, 5.41) is 25.7. The van der Waals surface area contributed by atoms with E-state index in [1.807, 2.05) is 24.3 Å². The molecule has 0 atom stereocenters. The van der Waals surface area contributed by atoms with Gasteiger partial charge < -0.3 is 20.6 Å². The highest BCUT2D eigenvalue weighted by atomic mass is 16.6.